The quantitative estimate of drug-likeness (QED) is 0.153. The van der Waals surface area contributed by atoms with Crippen molar-refractivity contribution in [3.8, 4) is 5.75 Å². The second-order valence-electron chi connectivity index (χ2n) is 9.15. The Morgan fingerprint density at radius 1 is 0.853 bits per heavy atom. The van der Waals surface area contributed by atoms with Gasteiger partial charge in [-0.2, -0.15) is 0 Å². The molecular weight excluding hydrogens is 438 g/mol. The molecule has 0 saturated carbocycles. The van der Waals surface area contributed by atoms with Crippen LogP contribution in [-0.2, 0) is 6.42 Å². The maximum Gasteiger partial charge on any atom is 0.193 e. The molecule has 0 aliphatic carbocycles. The minimum Gasteiger partial charge on any atom is -0.494 e. The van der Waals surface area contributed by atoms with Crippen LogP contribution in [-0.4, -0.2) is 36.9 Å². The SMILES string of the molecule is CCCCc1csc2cccc(C(=O)c3ccc(OCCCN(CCCC)CCCC)cc3)c12. The number of unbranched alkanes of at least 4 members (excludes halogenated alkanes) is 3. The molecule has 1 aromatic heterocycles. The van der Waals surface area contributed by atoms with Crippen molar-refractivity contribution in [3.05, 3.63) is 64.5 Å². The fraction of sp³-hybridized carbons (Fsp3) is 0.500. The molecule has 0 N–H and O–H groups in total. The number of carbonyl (C=O) groups excluding carboxylic acids is 1. The molecule has 4 heteroatoms. The van der Waals surface area contributed by atoms with Crippen molar-refractivity contribution in [3.63, 3.8) is 0 Å². The molecular formula is C30H41NO2S. The van der Waals surface area contributed by atoms with Gasteiger partial charge in [0.05, 0.1) is 6.61 Å². The summed E-state index contributed by atoms with van der Waals surface area (Å²) in [5.41, 5.74) is 2.84. The van der Waals surface area contributed by atoms with Crippen LogP contribution < -0.4 is 4.74 Å². The molecule has 0 atom stereocenters. The third kappa shape index (κ3) is 7.41. The van der Waals surface area contributed by atoms with Gasteiger partial charge in [0, 0.05) is 27.8 Å². The van der Waals surface area contributed by atoms with Crippen LogP contribution in [0.3, 0.4) is 0 Å². The van der Waals surface area contributed by atoms with E-state index in [0.29, 0.717) is 6.61 Å². The van der Waals surface area contributed by atoms with E-state index in [1.54, 1.807) is 11.3 Å². The summed E-state index contributed by atoms with van der Waals surface area (Å²) >= 11 is 1.74. The van der Waals surface area contributed by atoms with E-state index in [1.165, 1.54) is 49.0 Å². The molecule has 0 aliphatic rings. The topological polar surface area (TPSA) is 29.5 Å². The lowest BCUT2D eigenvalue weighted by Crippen LogP contribution is -2.28. The Hall–Kier alpha value is -2.17. The fourth-order valence-corrected chi connectivity index (χ4v) is 5.35. The van der Waals surface area contributed by atoms with Gasteiger partial charge in [-0.05, 0) is 86.5 Å². The summed E-state index contributed by atoms with van der Waals surface area (Å²) in [6.07, 6.45) is 9.37. The molecule has 0 spiro atoms. The van der Waals surface area contributed by atoms with Crippen LogP contribution in [0.1, 0.15) is 87.2 Å². The molecule has 0 saturated heterocycles. The Labute approximate surface area is 210 Å². The molecule has 0 amide bonds. The summed E-state index contributed by atoms with van der Waals surface area (Å²) in [5.74, 6) is 0.929. The first kappa shape index (κ1) is 26.4. The van der Waals surface area contributed by atoms with E-state index in [9.17, 15) is 4.79 Å². The minimum absolute atomic E-state index is 0.0933. The van der Waals surface area contributed by atoms with Gasteiger partial charge in [0.25, 0.3) is 0 Å². The van der Waals surface area contributed by atoms with Crippen molar-refractivity contribution in [1.82, 2.24) is 4.90 Å². The predicted octanol–water partition coefficient (Wildman–Crippen LogP) is 8.15. The second kappa shape index (κ2) is 14.3. The number of ether oxygens (including phenoxy) is 1. The largest absolute Gasteiger partial charge is 0.494 e. The molecule has 3 rings (SSSR count). The Balaban J connectivity index is 1.58. The molecule has 3 nitrogen and oxygen atoms in total. The third-order valence-electron chi connectivity index (χ3n) is 6.38. The number of rotatable bonds is 16. The molecule has 0 fully saturated rings. The summed E-state index contributed by atoms with van der Waals surface area (Å²) in [5, 5.41) is 3.36. The van der Waals surface area contributed by atoms with Crippen LogP contribution in [0.25, 0.3) is 10.1 Å². The van der Waals surface area contributed by atoms with Gasteiger partial charge < -0.3 is 9.64 Å². The van der Waals surface area contributed by atoms with Crippen molar-refractivity contribution in [2.75, 3.05) is 26.2 Å². The maximum absolute atomic E-state index is 13.4. The highest BCUT2D eigenvalue weighted by molar-refractivity contribution is 7.17. The number of ketones is 1. The number of benzene rings is 2. The van der Waals surface area contributed by atoms with Gasteiger partial charge in [-0.1, -0.05) is 52.2 Å². The van der Waals surface area contributed by atoms with Crippen LogP contribution in [0.5, 0.6) is 5.75 Å². The van der Waals surface area contributed by atoms with E-state index in [1.807, 2.05) is 36.4 Å². The van der Waals surface area contributed by atoms with Crippen LogP contribution in [0, 0.1) is 0 Å². The second-order valence-corrected chi connectivity index (χ2v) is 10.1. The van der Waals surface area contributed by atoms with Gasteiger partial charge in [-0.15, -0.1) is 11.3 Å². The van der Waals surface area contributed by atoms with Crippen molar-refractivity contribution in [2.45, 2.75) is 72.1 Å². The van der Waals surface area contributed by atoms with E-state index in [4.69, 9.17) is 4.74 Å². The van der Waals surface area contributed by atoms with Crippen LogP contribution in [0.4, 0.5) is 0 Å². The number of fused-ring (bicyclic) bond motifs is 1. The van der Waals surface area contributed by atoms with Crippen molar-refractivity contribution in [1.29, 1.82) is 0 Å². The van der Waals surface area contributed by atoms with Gasteiger partial charge in [0.2, 0.25) is 0 Å². The fourth-order valence-electron chi connectivity index (χ4n) is 4.33. The summed E-state index contributed by atoms with van der Waals surface area (Å²) < 4.78 is 7.19. The van der Waals surface area contributed by atoms with Gasteiger partial charge in [-0.3, -0.25) is 4.79 Å². The lowest BCUT2D eigenvalue weighted by atomic mass is 9.96. The Bertz CT molecular complexity index is 1000. The van der Waals surface area contributed by atoms with Gasteiger partial charge >= 0.3 is 0 Å². The third-order valence-corrected chi connectivity index (χ3v) is 7.38. The monoisotopic (exact) mass is 479 g/mol. The van der Waals surface area contributed by atoms with Crippen LogP contribution in [0.15, 0.2) is 47.8 Å². The van der Waals surface area contributed by atoms with Gasteiger partial charge in [0.1, 0.15) is 5.75 Å². The summed E-state index contributed by atoms with van der Waals surface area (Å²) in [4.78, 5) is 15.9. The molecule has 3 aromatic rings. The van der Waals surface area contributed by atoms with Crippen molar-refractivity contribution < 1.29 is 9.53 Å². The average Bonchev–Trinajstić information content (AvgIpc) is 3.29. The molecule has 0 radical (unpaired) electrons. The first-order valence-electron chi connectivity index (χ1n) is 13.2. The first-order chi connectivity index (χ1) is 16.7. The molecule has 0 unspecified atom stereocenters. The van der Waals surface area contributed by atoms with E-state index < -0.39 is 0 Å². The zero-order valence-corrected chi connectivity index (χ0v) is 22.1. The van der Waals surface area contributed by atoms with E-state index in [0.717, 1.165) is 54.5 Å². The summed E-state index contributed by atoms with van der Waals surface area (Å²) in [6.45, 7) is 10.9. The number of thiophene rings is 1. The molecule has 2 aromatic carbocycles. The van der Waals surface area contributed by atoms with Crippen LogP contribution >= 0.6 is 11.3 Å². The number of nitrogens with zero attached hydrogens (tertiary/aromatic N) is 1. The van der Waals surface area contributed by atoms with Crippen molar-refractivity contribution >= 4 is 27.2 Å². The standard InChI is InChI=1S/C30H41NO2S/c1-4-7-12-25-23-34-28-14-10-13-27(29(25)28)30(32)24-15-17-26(18-16-24)33-22-11-21-31(19-8-5-2)20-9-6-3/h10,13-18,23H,4-9,11-12,19-22H2,1-3H3. The van der Waals surface area contributed by atoms with Gasteiger partial charge in [0.15, 0.2) is 5.78 Å². The predicted molar refractivity (Wildman–Crippen MR) is 147 cm³/mol. The molecule has 1 heterocycles. The highest BCUT2D eigenvalue weighted by Gasteiger charge is 2.16. The van der Waals surface area contributed by atoms with Gasteiger partial charge in [-0.25, -0.2) is 0 Å². The molecule has 184 valence electrons. The van der Waals surface area contributed by atoms with Crippen LogP contribution in [0.2, 0.25) is 0 Å². The Kier molecular flexibility index (Phi) is 11.1. The number of hydrogen-bond acceptors (Lipinski definition) is 4. The number of carbonyl (C=O) groups is 1. The average molecular weight is 480 g/mol. The highest BCUT2D eigenvalue weighted by atomic mass is 32.1. The normalized spacial score (nSPS) is 11.4. The lowest BCUT2D eigenvalue weighted by molar-refractivity contribution is 0.104. The highest BCUT2D eigenvalue weighted by Crippen LogP contribution is 2.31. The van der Waals surface area contributed by atoms with E-state index in [2.05, 4.69) is 37.1 Å². The molecule has 0 bridgehead atoms. The zero-order valence-electron chi connectivity index (χ0n) is 21.3. The molecule has 34 heavy (non-hydrogen) atoms. The van der Waals surface area contributed by atoms with E-state index in [-0.39, 0.29) is 5.78 Å². The first-order valence-corrected chi connectivity index (χ1v) is 14.0. The number of aryl methyl sites for hydroxylation is 1. The lowest BCUT2D eigenvalue weighted by Gasteiger charge is -2.21. The summed E-state index contributed by atoms with van der Waals surface area (Å²) in [6, 6.07) is 13.8. The Morgan fingerprint density at radius 3 is 2.21 bits per heavy atom. The molecule has 0 aliphatic heterocycles. The number of hydrogen-bond donors (Lipinski definition) is 0. The zero-order chi connectivity index (χ0) is 24.2. The minimum atomic E-state index is 0.0933. The van der Waals surface area contributed by atoms with Crippen molar-refractivity contribution in [2.24, 2.45) is 0 Å². The maximum atomic E-state index is 13.4. The summed E-state index contributed by atoms with van der Waals surface area (Å²) in [7, 11) is 0. The van der Waals surface area contributed by atoms with E-state index >= 15 is 0 Å². The smallest absolute Gasteiger partial charge is 0.193 e. The Morgan fingerprint density at radius 2 is 1.53 bits per heavy atom.